The lowest BCUT2D eigenvalue weighted by Gasteiger charge is -1.98. The molecule has 72 valence electrons. The van der Waals surface area contributed by atoms with Crippen molar-refractivity contribution < 1.29 is 0 Å². The molecule has 0 saturated carbocycles. The van der Waals surface area contributed by atoms with Gasteiger partial charge >= 0.3 is 0 Å². The second-order valence-electron chi connectivity index (χ2n) is 2.63. The SMILES string of the molecule is Cc1ccsc1-c1nc(Cl)nc(Cl)n1. The number of thiophene rings is 1. The highest BCUT2D eigenvalue weighted by molar-refractivity contribution is 7.13. The Morgan fingerprint density at radius 2 is 1.79 bits per heavy atom. The summed E-state index contributed by atoms with van der Waals surface area (Å²) in [6, 6.07) is 1.99. The van der Waals surface area contributed by atoms with Crippen molar-refractivity contribution in [1.29, 1.82) is 0 Å². The molecule has 0 spiro atoms. The van der Waals surface area contributed by atoms with Gasteiger partial charge in [-0.25, -0.2) is 0 Å². The molecule has 0 N–H and O–H groups in total. The second-order valence-corrected chi connectivity index (χ2v) is 4.22. The molecule has 0 radical (unpaired) electrons. The zero-order chi connectivity index (χ0) is 10.1. The molecule has 2 aromatic heterocycles. The van der Waals surface area contributed by atoms with Gasteiger partial charge in [0.1, 0.15) is 0 Å². The minimum Gasteiger partial charge on any atom is -0.197 e. The summed E-state index contributed by atoms with van der Waals surface area (Å²) in [5.41, 5.74) is 1.10. The molecule has 0 aliphatic rings. The first kappa shape index (κ1) is 9.83. The molecule has 0 aliphatic heterocycles. The molecule has 0 aromatic carbocycles. The summed E-state index contributed by atoms with van der Waals surface area (Å²) < 4.78 is 0. The van der Waals surface area contributed by atoms with Crippen molar-refractivity contribution in [3.63, 3.8) is 0 Å². The van der Waals surface area contributed by atoms with Gasteiger partial charge in [-0.2, -0.15) is 15.0 Å². The highest BCUT2D eigenvalue weighted by atomic mass is 35.5. The van der Waals surface area contributed by atoms with Crippen molar-refractivity contribution in [2.45, 2.75) is 6.92 Å². The van der Waals surface area contributed by atoms with E-state index in [1.807, 2.05) is 18.4 Å². The monoisotopic (exact) mass is 245 g/mol. The third kappa shape index (κ3) is 1.87. The highest BCUT2D eigenvalue weighted by Gasteiger charge is 2.09. The van der Waals surface area contributed by atoms with Crippen molar-refractivity contribution in [2.24, 2.45) is 0 Å². The van der Waals surface area contributed by atoms with Crippen LogP contribution in [0.1, 0.15) is 5.56 Å². The Balaban J connectivity index is 2.57. The van der Waals surface area contributed by atoms with E-state index in [1.54, 1.807) is 11.3 Å². The van der Waals surface area contributed by atoms with Crippen molar-refractivity contribution >= 4 is 34.5 Å². The van der Waals surface area contributed by atoms with E-state index >= 15 is 0 Å². The standard InChI is InChI=1S/C8H5Cl2N3S/c1-4-2-3-14-5(4)6-11-7(9)13-8(10)12-6/h2-3H,1H3. The number of rotatable bonds is 1. The Bertz CT molecular complexity index is 449. The first-order chi connectivity index (χ1) is 6.66. The predicted octanol–water partition coefficient (Wildman–Crippen LogP) is 3.22. The van der Waals surface area contributed by atoms with Crippen molar-refractivity contribution in [2.75, 3.05) is 0 Å². The van der Waals surface area contributed by atoms with Crippen LogP contribution >= 0.6 is 34.5 Å². The third-order valence-corrected chi connectivity index (χ3v) is 3.00. The van der Waals surface area contributed by atoms with Gasteiger partial charge in [-0.15, -0.1) is 11.3 Å². The molecule has 2 heterocycles. The first-order valence-corrected chi connectivity index (χ1v) is 5.42. The molecule has 2 aromatic rings. The molecule has 0 unspecified atom stereocenters. The van der Waals surface area contributed by atoms with E-state index in [1.165, 1.54) is 0 Å². The van der Waals surface area contributed by atoms with Crippen molar-refractivity contribution in [3.05, 3.63) is 27.6 Å². The van der Waals surface area contributed by atoms with Crippen LogP contribution < -0.4 is 0 Å². The number of aromatic nitrogens is 3. The molecule has 0 atom stereocenters. The van der Waals surface area contributed by atoms with Gasteiger partial charge in [-0.3, -0.25) is 0 Å². The van der Waals surface area contributed by atoms with Crippen molar-refractivity contribution in [3.8, 4) is 10.7 Å². The topological polar surface area (TPSA) is 38.7 Å². The first-order valence-electron chi connectivity index (χ1n) is 3.78. The van der Waals surface area contributed by atoms with Gasteiger partial charge < -0.3 is 0 Å². The summed E-state index contributed by atoms with van der Waals surface area (Å²) in [5.74, 6) is 0.530. The van der Waals surface area contributed by atoms with Crippen LogP contribution in [0.3, 0.4) is 0 Å². The summed E-state index contributed by atoms with van der Waals surface area (Å²) in [6.07, 6.45) is 0. The van der Waals surface area contributed by atoms with Crippen LogP contribution in [-0.4, -0.2) is 15.0 Å². The van der Waals surface area contributed by atoms with E-state index in [0.717, 1.165) is 10.4 Å². The van der Waals surface area contributed by atoms with Gasteiger partial charge in [0.15, 0.2) is 5.82 Å². The molecular weight excluding hydrogens is 241 g/mol. The minimum absolute atomic E-state index is 0.118. The van der Waals surface area contributed by atoms with E-state index in [9.17, 15) is 0 Å². The van der Waals surface area contributed by atoms with Gasteiger partial charge in [0.05, 0.1) is 4.88 Å². The van der Waals surface area contributed by atoms with Crippen LogP contribution in [0.4, 0.5) is 0 Å². The zero-order valence-electron chi connectivity index (χ0n) is 7.16. The quantitative estimate of drug-likeness (QED) is 0.775. The lowest BCUT2D eigenvalue weighted by molar-refractivity contribution is 1.06. The maximum Gasteiger partial charge on any atom is 0.227 e. The Morgan fingerprint density at radius 1 is 1.14 bits per heavy atom. The zero-order valence-corrected chi connectivity index (χ0v) is 9.49. The number of hydrogen-bond donors (Lipinski definition) is 0. The number of halogens is 2. The van der Waals surface area contributed by atoms with Crippen LogP contribution in [-0.2, 0) is 0 Å². The van der Waals surface area contributed by atoms with Crippen LogP contribution in [0.25, 0.3) is 10.7 Å². The van der Waals surface area contributed by atoms with E-state index in [2.05, 4.69) is 15.0 Å². The predicted molar refractivity (Wildman–Crippen MR) is 57.9 cm³/mol. The molecule has 3 nitrogen and oxygen atoms in total. The molecule has 14 heavy (non-hydrogen) atoms. The summed E-state index contributed by atoms with van der Waals surface area (Å²) in [6.45, 7) is 1.98. The van der Waals surface area contributed by atoms with Crippen molar-refractivity contribution in [1.82, 2.24) is 15.0 Å². The lowest BCUT2D eigenvalue weighted by Crippen LogP contribution is -1.92. The largest absolute Gasteiger partial charge is 0.227 e. The fourth-order valence-corrected chi connectivity index (χ4v) is 2.25. The Hall–Kier alpha value is -0.710. The highest BCUT2D eigenvalue weighted by Crippen LogP contribution is 2.26. The number of hydrogen-bond acceptors (Lipinski definition) is 4. The Morgan fingerprint density at radius 3 is 2.29 bits per heavy atom. The fraction of sp³-hybridized carbons (Fsp3) is 0.125. The number of aryl methyl sites for hydroxylation is 1. The van der Waals surface area contributed by atoms with Crippen LogP contribution in [0.15, 0.2) is 11.4 Å². The second kappa shape index (κ2) is 3.81. The molecule has 0 amide bonds. The van der Waals surface area contributed by atoms with E-state index in [-0.39, 0.29) is 10.6 Å². The normalized spacial score (nSPS) is 10.5. The summed E-state index contributed by atoms with van der Waals surface area (Å²) in [5, 5.41) is 2.21. The lowest BCUT2D eigenvalue weighted by atomic mass is 10.3. The van der Waals surface area contributed by atoms with E-state index < -0.39 is 0 Å². The van der Waals surface area contributed by atoms with Crippen LogP contribution in [0.5, 0.6) is 0 Å². The van der Waals surface area contributed by atoms with Crippen LogP contribution in [0, 0.1) is 6.92 Å². The molecule has 6 heteroatoms. The molecule has 0 aliphatic carbocycles. The van der Waals surface area contributed by atoms with Gasteiger partial charge in [0.25, 0.3) is 0 Å². The van der Waals surface area contributed by atoms with E-state index in [0.29, 0.717) is 5.82 Å². The molecule has 2 rings (SSSR count). The third-order valence-electron chi connectivity index (χ3n) is 1.65. The van der Waals surface area contributed by atoms with Gasteiger partial charge in [0, 0.05) is 0 Å². The summed E-state index contributed by atoms with van der Waals surface area (Å²) in [4.78, 5) is 12.7. The maximum absolute atomic E-state index is 5.68. The average molecular weight is 246 g/mol. The van der Waals surface area contributed by atoms with Gasteiger partial charge in [-0.1, -0.05) is 0 Å². The molecule has 0 bridgehead atoms. The summed E-state index contributed by atoms with van der Waals surface area (Å²) in [7, 11) is 0. The summed E-state index contributed by atoms with van der Waals surface area (Å²) >= 11 is 12.9. The maximum atomic E-state index is 5.68. The fourth-order valence-electron chi connectivity index (χ4n) is 1.03. The minimum atomic E-state index is 0.118. The van der Waals surface area contributed by atoms with E-state index in [4.69, 9.17) is 23.2 Å². The molecule has 0 fully saturated rings. The van der Waals surface area contributed by atoms with Crippen LogP contribution in [0.2, 0.25) is 10.6 Å². The Kier molecular flexibility index (Phi) is 2.67. The molecular formula is C8H5Cl2N3S. The number of nitrogens with zero attached hydrogens (tertiary/aromatic N) is 3. The van der Waals surface area contributed by atoms with Gasteiger partial charge in [-0.05, 0) is 47.1 Å². The Labute approximate surface area is 94.8 Å². The van der Waals surface area contributed by atoms with Gasteiger partial charge in [0.2, 0.25) is 10.6 Å². The molecule has 0 saturated heterocycles. The smallest absolute Gasteiger partial charge is 0.197 e. The average Bonchev–Trinajstić information content (AvgIpc) is 2.49.